The molecule has 36 heavy (non-hydrogen) atoms. The number of primary amides is 1. The summed E-state index contributed by atoms with van der Waals surface area (Å²) in [6.07, 6.45) is 1.35. The molecule has 0 aliphatic carbocycles. The van der Waals surface area contributed by atoms with Crippen molar-refractivity contribution in [2.75, 3.05) is 6.61 Å². The average molecular weight is 570 g/mol. The van der Waals surface area contributed by atoms with Gasteiger partial charge in [-0.3, -0.25) is 14.2 Å². The maximum Gasteiger partial charge on any atom is 0.338 e. The molecule has 1 amide bonds. The maximum atomic E-state index is 13.7. The van der Waals surface area contributed by atoms with Crippen LogP contribution in [-0.4, -0.2) is 29.2 Å². The van der Waals surface area contributed by atoms with Crippen molar-refractivity contribution in [2.45, 2.75) is 32.9 Å². The Morgan fingerprint density at radius 3 is 2.61 bits per heavy atom. The minimum Gasteiger partial charge on any atom is -0.483 e. The summed E-state index contributed by atoms with van der Waals surface area (Å²) in [6, 6.07) is 13.9. The molecule has 2 heterocycles. The Labute approximate surface area is 219 Å². The highest BCUT2D eigenvalue weighted by atomic mass is 79.9. The van der Waals surface area contributed by atoms with Crippen molar-refractivity contribution >= 4 is 45.2 Å². The summed E-state index contributed by atoms with van der Waals surface area (Å²) >= 11 is 4.64. The van der Waals surface area contributed by atoms with Crippen LogP contribution in [0.5, 0.6) is 5.75 Å². The molecule has 2 N–H and O–H groups in total. The Morgan fingerprint density at radius 1 is 1.22 bits per heavy atom. The van der Waals surface area contributed by atoms with E-state index in [9.17, 15) is 14.4 Å². The zero-order valence-electron chi connectivity index (χ0n) is 19.9. The molecule has 1 unspecified atom stereocenters. The van der Waals surface area contributed by atoms with Crippen molar-refractivity contribution in [1.29, 1.82) is 0 Å². The number of hydrogen-bond donors (Lipinski definition) is 1. The number of nitrogens with two attached hydrogens (primary N) is 1. The Bertz CT molecular complexity index is 1540. The first-order valence-electron chi connectivity index (χ1n) is 11.1. The first-order valence-corrected chi connectivity index (χ1v) is 12.8. The Kier molecular flexibility index (Phi) is 7.56. The number of allylic oxidation sites excluding steroid dienone is 1. The van der Waals surface area contributed by atoms with E-state index in [-0.39, 0.29) is 18.3 Å². The molecule has 1 aliphatic rings. The summed E-state index contributed by atoms with van der Waals surface area (Å²) < 4.78 is 13.7. The van der Waals surface area contributed by atoms with Crippen molar-refractivity contribution in [3.05, 3.63) is 95.1 Å². The van der Waals surface area contributed by atoms with Gasteiger partial charge in [0, 0.05) is 10.0 Å². The molecule has 10 heteroatoms. The molecule has 186 valence electrons. The molecular formula is C26H24BrN3O5S. The van der Waals surface area contributed by atoms with Crippen molar-refractivity contribution in [2.24, 2.45) is 10.7 Å². The molecule has 0 bridgehead atoms. The van der Waals surface area contributed by atoms with Gasteiger partial charge in [0.2, 0.25) is 0 Å². The summed E-state index contributed by atoms with van der Waals surface area (Å²) in [5.74, 6) is -0.717. The van der Waals surface area contributed by atoms with Gasteiger partial charge in [-0.2, -0.15) is 0 Å². The molecule has 3 aromatic rings. The smallest absolute Gasteiger partial charge is 0.338 e. The van der Waals surface area contributed by atoms with Crippen LogP contribution >= 0.6 is 27.3 Å². The van der Waals surface area contributed by atoms with E-state index in [1.165, 1.54) is 15.9 Å². The first-order chi connectivity index (χ1) is 17.2. The van der Waals surface area contributed by atoms with Crippen LogP contribution in [0, 0.1) is 0 Å². The lowest BCUT2D eigenvalue weighted by Crippen LogP contribution is -2.40. The first kappa shape index (κ1) is 25.6. The van der Waals surface area contributed by atoms with Crippen LogP contribution in [0.2, 0.25) is 0 Å². The van der Waals surface area contributed by atoms with E-state index in [1.807, 2.05) is 30.3 Å². The second kappa shape index (κ2) is 10.6. The molecule has 0 spiro atoms. The lowest BCUT2D eigenvalue weighted by Gasteiger charge is -2.25. The predicted molar refractivity (Wildman–Crippen MR) is 140 cm³/mol. The number of fused-ring (bicyclic) bond motifs is 1. The Hall–Kier alpha value is -3.50. The normalized spacial score (nSPS) is 15.5. The number of nitrogens with zero attached hydrogens (tertiary/aromatic N) is 2. The monoisotopic (exact) mass is 569 g/mol. The number of aromatic nitrogens is 1. The Morgan fingerprint density at radius 2 is 1.94 bits per heavy atom. The number of carbonyl (C=O) groups is 2. The lowest BCUT2D eigenvalue weighted by molar-refractivity contribution is -0.143. The third-order valence-electron chi connectivity index (χ3n) is 5.33. The van der Waals surface area contributed by atoms with Crippen LogP contribution < -0.4 is 25.4 Å². The van der Waals surface area contributed by atoms with E-state index in [0.29, 0.717) is 31.9 Å². The molecule has 0 fully saturated rings. The highest BCUT2D eigenvalue weighted by molar-refractivity contribution is 9.10. The van der Waals surface area contributed by atoms with Crippen LogP contribution in [0.25, 0.3) is 6.08 Å². The fraction of sp³-hybridized carbons (Fsp3) is 0.231. The van der Waals surface area contributed by atoms with Gasteiger partial charge in [0.25, 0.3) is 11.5 Å². The third kappa shape index (κ3) is 5.34. The van der Waals surface area contributed by atoms with Gasteiger partial charge in [-0.25, -0.2) is 9.79 Å². The number of esters is 1. The fourth-order valence-corrected chi connectivity index (χ4v) is 5.28. The number of halogens is 1. The molecule has 8 nitrogen and oxygen atoms in total. The van der Waals surface area contributed by atoms with Gasteiger partial charge in [0.1, 0.15) is 5.75 Å². The molecular weight excluding hydrogens is 546 g/mol. The van der Waals surface area contributed by atoms with Crippen LogP contribution in [0.1, 0.15) is 37.9 Å². The molecule has 4 rings (SSSR count). The van der Waals surface area contributed by atoms with E-state index in [1.54, 1.807) is 45.0 Å². The van der Waals surface area contributed by atoms with Crippen molar-refractivity contribution in [1.82, 2.24) is 4.57 Å². The Balaban J connectivity index is 1.91. The fourth-order valence-electron chi connectivity index (χ4n) is 3.86. The summed E-state index contributed by atoms with van der Waals surface area (Å²) in [4.78, 5) is 43.1. The number of amides is 1. The quantitative estimate of drug-likeness (QED) is 0.439. The minimum atomic E-state index is -0.691. The van der Waals surface area contributed by atoms with Gasteiger partial charge in [-0.1, -0.05) is 57.6 Å². The molecule has 0 saturated carbocycles. The number of thiazole rings is 1. The number of carbonyl (C=O) groups excluding carboxylic acids is 2. The van der Waals surface area contributed by atoms with E-state index in [0.717, 1.165) is 10.0 Å². The molecule has 1 aliphatic heterocycles. The highest BCUT2D eigenvalue weighted by Crippen LogP contribution is 2.31. The zero-order chi connectivity index (χ0) is 26.0. The van der Waals surface area contributed by atoms with E-state index >= 15 is 0 Å². The summed E-state index contributed by atoms with van der Waals surface area (Å²) in [5, 5.41) is 0. The summed E-state index contributed by atoms with van der Waals surface area (Å²) in [7, 11) is 0. The molecule has 1 aromatic heterocycles. The number of hydrogen-bond acceptors (Lipinski definition) is 7. The predicted octanol–water partition coefficient (Wildman–Crippen LogP) is 2.81. The molecule has 1 atom stereocenters. The van der Waals surface area contributed by atoms with E-state index in [4.69, 9.17) is 15.2 Å². The third-order valence-corrected chi connectivity index (χ3v) is 6.80. The molecule has 2 aromatic carbocycles. The number of rotatable bonds is 7. The van der Waals surface area contributed by atoms with Gasteiger partial charge in [0.15, 0.2) is 11.4 Å². The van der Waals surface area contributed by atoms with Gasteiger partial charge in [0.05, 0.1) is 27.9 Å². The second-order valence-corrected chi connectivity index (χ2v) is 10.3. The lowest BCUT2D eigenvalue weighted by atomic mass is 9.96. The van der Waals surface area contributed by atoms with Gasteiger partial charge < -0.3 is 15.2 Å². The van der Waals surface area contributed by atoms with Crippen molar-refractivity contribution in [3.8, 4) is 5.75 Å². The zero-order valence-corrected chi connectivity index (χ0v) is 22.3. The van der Waals surface area contributed by atoms with Crippen molar-refractivity contribution < 1.29 is 19.1 Å². The van der Waals surface area contributed by atoms with E-state index in [2.05, 4.69) is 20.9 Å². The topological polar surface area (TPSA) is 113 Å². The maximum absolute atomic E-state index is 13.7. The SMILES string of the molecule is CC1=C(C(=O)OC(C)C)C(c2ccccc2)n2c(sc(=Cc3cc(Br)ccc3OCC(N)=O)c2=O)=N1. The van der Waals surface area contributed by atoms with Crippen molar-refractivity contribution in [3.63, 3.8) is 0 Å². The highest BCUT2D eigenvalue weighted by Gasteiger charge is 2.33. The minimum absolute atomic E-state index is 0.293. The van der Waals surface area contributed by atoms with Gasteiger partial charge in [-0.05, 0) is 50.6 Å². The van der Waals surface area contributed by atoms with Crippen LogP contribution in [0.4, 0.5) is 0 Å². The summed E-state index contributed by atoms with van der Waals surface area (Å²) in [6.45, 7) is 5.00. The van der Waals surface area contributed by atoms with E-state index < -0.39 is 17.9 Å². The largest absolute Gasteiger partial charge is 0.483 e. The standard InChI is InChI=1S/C26H24BrN3O5S/c1-14(2)35-25(33)22-15(3)29-26-30(23(22)16-7-5-4-6-8-16)24(32)20(36-26)12-17-11-18(27)9-10-19(17)34-13-21(28)31/h4-12,14,23H,13H2,1-3H3,(H2,28,31). The number of ether oxygens (including phenoxy) is 2. The summed E-state index contributed by atoms with van der Waals surface area (Å²) in [5.41, 5.74) is 7.08. The van der Waals surface area contributed by atoms with Crippen LogP contribution in [0.3, 0.4) is 0 Å². The van der Waals surface area contributed by atoms with Crippen LogP contribution in [-0.2, 0) is 14.3 Å². The molecule has 0 radical (unpaired) electrons. The van der Waals surface area contributed by atoms with Gasteiger partial charge in [-0.15, -0.1) is 0 Å². The number of benzene rings is 2. The second-order valence-electron chi connectivity index (χ2n) is 8.38. The van der Waals surface area contributed by atoms with Gasteiger partial charge >= 0.3 is 5.97 Å². The van der Waals surface area contributed by atoms with Crippen LogP contribution in [0.15, 0.2) is 74.1 Å². The average Bonchev–Trinajstić information content (AvgIpc) is 3.12. The molecule has 0 saturated heterocycles.